The molecule has 1 aromatic rings. The fourth-order valence-corrected chi connectivity index (χ4v) is 5.74. The van der Waals surface area contributed by atoms with E-state index >= 15 is 0 Å². The minimum absolute atomic E-state index is 0.00414. The van der Waals surface area contributed by atoms with Crippen LogP contribution in [0.2, 0.25) is 0 Å². The Bertz CT molecular complexity index is 708. The number of aliphatic carboxylic acids is 1. The molecule has 2 rings (SSSR count). The highest BCUT2D eigenvalue weighted by atomic mass is 32.2. The number of aromatic carboxylic acids is 1. The summed E-state index contributed by atoms with van der Waals surface area (Å²) in [7, 11) is -3.82. The molecule has 2 atom stereocenters. The summed E-state index contributed by atoms with van der Waals surface area (Å²) in [5.74, 6) is -2.62. The highest BCUT2D eigenvalue weighted by Gasteiger charge is 2.38. The lowest BCUT2D eigenvalue weighted by Crippen LogP contribution is -2.45. The number of rotatable bonds is 4. The molecule has 122 valence electrons. The molecule has 9 heteroatoms. The Hall–Kier alpha value is -1.45. The van der Waals surface area contributed by atoms with Crippen molar-refractivity contribution in [1.82, 2.24) is 4.31 Å². The summed E-state index contributed by atoms with van der Waals surface area (Å²) >= 11 is 0.921. The van der Waals surface area contributed by atoms with E-state index in [1.807, 2.05) is 0 Å². The second-order valence-electron chi connectivity index (χ2n) is 5.36. The first kappa shape index (κ1) is 16.9. The second-order valence-corrected chi connectivity index (χ2v) is 8.48. The average molecular weight is 347 g/mol. The lowest BCUT2D eigenvalue weighted by atomic mass is 9.93. The molecule has 22 heavy (non-hydrogen) atoms. The maximum absolute atomic E-state index is 12.7. The van der Waals surface area contributed by atoms with Crippen molar-refractivity contribution in [2.75, 3.05) is 6.54 Å². The van der Waals surface area contributed by atoms with Gasteiger partial charge in [-0.3, -0.25) is 4.79 Å². The van der Waals surface area contributed by atoms with E-state index in [1.54, 1.807) is 13.8 Å². The number of hydrogen-bond donors (Lipinski definition) is 2. The molecule has 2 heterocycles. The lowest BCUT2D eigenvalue weighted by molar-refractivity contribution is -0.143. The first-order valence-electron chi connectivity index (χ1n) is 6.73. The van der Waals surface area contributed by atoms with Gasteiger partial charge in [0.25, 0.3) is 0 Å². The highest BCUT2D eigenvalue weighted by molar-refractivity contribution is 7.89. The molecule has 0 spiro atoms. The summed E-state index contributed by atoms with van der Waals surface area (Å²) in [6.45, 7) is 3.36. The zero-order valence-corrected chi connectivity index (χ0v) is 13.8. The molecule has 1 aliphatic rings. The van der Waals surface area contributed by atoms with Gasteiger partial charge in [-0.25, -0.2) is 13.2 Å². The summed E-state index contributed by atoms with van der Waals surface area (Å²) < 4.78 is 26.7. The summed E-state index contributed by atoms with van der Waals surface area (Å²) in [6, 6.07) is 0.737. The van der Waals surface area contributed by atoms with Gasteiger partial charge in [-0.15, -0.1) is 11.3 Å². The van der Waals surface area contributed by atoms with Crippen molar-refractivity contribution in [3.05, 3.63) is 15.8 Å². The second kappa shape index (κ2) is 5.98. The van der Waals surface area contributed by atoms with Crippen LogP contribution in [0, 0.1) is 12.8 Å². The van der Waals surface area contributed by atoms with Gasteiger partial charge in [-0.1, -0.05) is 0 Å². The third-order valence-corrected chi connectivity index (χ3v) is 7.14. The van der Waals surface area contributed by atoms with Gasteiger partial charge in [0.1, 0.15) is 4.88 Å². The minimum Gasteiger partial charge on any atom is -0.481 e. The summed E-state index contributed by atoms with van der Waals surface area (Å²) in [4.78, 5) is 22.4. The van der Waals surface area contributed by atoms with Gasteiger partial charge < -0.3 is 10.2 Å². The van der Waals surface area contributed by atoms with Gasteiger partial charge in [0.2, 0.25) is 10.0 Å². The Balaban J connectivity index is 2.31. The lowest BCUT2D eigenvalue weighted by Gasteiger charge is -2.35. The van der Waals surface area contributed by atoms with Crippen molar-refractivity contribution in [3.8, 4) is 0 Å². The largest absolute Gasteiger partial charge is 0.481 e. The molecule has 2 N–H and O–H groups in total. The van der Waals surface area contributed by atoms with Crippen molar-refractivity contribution >= 4 is 33.3 Å². The Morgan fingerprint density at radius 1 is 1.36 bits per heavy atom. The van der Waals surface area contributed by atoms with Crippen molar-refractivity contribution in [3.63, 3.8) is 0 Å². The fraction of sp³-hybridized carbons (Fsp3) is 0.538. The van der Waals surface area contributed by atoms with Gasteiger partial charge >= 0.3 is 11.9 Å². The molecule has 0 radical (unpaired) electrons. The average Bonchev–Trinajstić information content (AvgIpc) is 2.81. The fourth-order valence-electron chi connectivity index (χ4n) is 2.69. The quantitative estimate of drug-likeness (QED) is 0.856. The molecule has 1 fully saturated rings. The molecular weight excluding hydrogens is 330 g/mol. The SMILES string of the molecule is Cc1sc(C(=O)O)cc1S(=O)(=O)N1CC[C@@H](C(=O)O)C[C@H]1C. The zero-order chi connectivity index (χ0) is 16.7. The molecule has 7 nitrogen and oxygen atoms in total. The van der Waals surface area contributed by atoms with Crippen LogP contribution in [-0.2, 0) is 14.8 Å². The number of sulfonamides is 1. The van der Waals surface area contributed by atoms with Crippen LogP contribution in [0.1, 0.15) is 34.3 Å². The minimum atomic E-state index is -3.82. The van der Waals surface area contributed by atoms with Crippen LogP contribution in [0.3, 0.4) is 0 Å². The Labute approximate surface area is 132 Å². The van der Waals surface area contributed by atoms with E-state index in [-0.39, 0.29) is 29.2 Å². The number of nitrogens with zero attached hydrogens (tertiary/aromatic N) is 1. The number of piperidine rings is 1. The van der Waals surface area contributed by atoms with Crippen molar-refractivity contribution in [1.29, 1.82) is 0 Å². The van der Waals surface area contributed by atoms with E-state index < -0.39 is 33.9 Å². The molecule has 0 aromatic carbocycles. The van der Waals surface area contributed by atoms with Crippen LogP contribution < -0.4 is 0 Å². The summed E-state index contributed by atoms with van der Waals surface area (Å²) in [5.41, 5.74) is 0. The van der Waals surface area contributed by atoms with E-state index in [1.165, 1.54) is 10.4 Å². The van der Waals surface area contributed by atoms with E-state index in [9.17, 15) is 18.0 Å². The molecule has 1 aromatic heterocycles. The van der Waals surface area contributed by atoms with Crippen LogP contribution in [-0.4, -0.2) is 47.5 Å². The molecule has 1 aliphatic heterocycles. The van der Waals surface area contributed by atoms with E-state index in [0.717, 1.165) is 11.3 Å². The molecule has 0 aliphatic carbocycles. The summed E-state index contributed by atoms with van der Waals surface area (Å²) in [6.07, 6.45) is 0.511. The normalized spacial score (nSPS) is 23.4. The Morgan fingerprint density at radius 3 is 2.45 bits per heavy atom. The Morgan fingerprint density at radius 2 is 2.00 bits per heavy atom. The number of thiophene rings is 1. The topological polar surface area (TPSA) is 112 Å². The molecule has 0 amide bonds. The predicted molar refractivity (Wildman–Crippen MR) is 79.7 cm³/mol. The van der Waals surface area contributed by atoms with Gasteiger partial charge in [-0.05, 0) is 32.8 Å². The number of carboxylic acid groups (broad SMARTS) is 2. The van der Waals surface area contributed by atoms with Gasteiger partial charge in [0, 0.05) is 17.5 Å². The van der Waals surface area contributed by atoms with Crippen LogP contribution >= 0.6 is 11.3 Å². The molecule has 1 saturated heterocycles. The Kier molecular flexibility index (Phi) is 4.59. The first-order valence-corrected chi connectivity index (χ1v) is 8.98. The molecule has 0 bridgehead atoms. The van der Waals surface area contributed by atoms with Gasteiger partial charge in [0.05, 0.1) is 10.8 Å². The third-order valence-electron chi connectivity index (χ3n) is 3.83. The van der Waals surface area contributed by atoms with Crippen molar-refractivity contribution in [2.24, 2.45) is 5.92 Å². The summed E-state index contributed by atoms with van der Waals surface area (Å²) in [5, 5.41) is 18.0. The van der Waals surface area contributed by atoms with Crippen molar-refractivity contribution in [2.45, 2.75) is 37.6 Å². The number of carbonyl (C=O) groups is 2. The van der Waals surface area contributed by atoms with Crippen LogP contribution in [0.5, 0.6) is 0 Å². The number of hydrogen-bond acceptors (Lipinski definition) is 5. The van der Waals surface area contributed by atoms with E-state index in [4.69, 9.17) is 10.2 Å². The van der Waals surface area contributed by atoms with Crippen LogP contribution in [0.4, 0.5) is 0 Å². The molecule has 0 saturated carbocycles. The predicted octanol–water partition coefficient (Wildman–Crippen LogP) is 1.63. The maximum atomic E-state index is 12.7. The van der Waals surface area contributed by atoms with Gasteiger partial charge in [0.15, 0.2) is 0 Å². The number of carboxylic acids is 2. The molecule has 0 unspecified atom stereocenters. The number of aryl methyl sites for hydroxylation is 1. The van der Waals surface area contributed by atoms with Crippen LogP contribution in [0.15, 0.2) is 11.0 Å². The van der Waals surface area contributed by atoms with Crippen molar-refractivity contribution < 1.29 is 28.2 Å². The van der Waals surface area contributed by atoms with E-state index in [2.05, 4.69) is 0 Å². The third kappa shape index (κ3) is 3.01. The van der Waals surface area contributed by atoms with E-state index in [0.29, 0.717) is 4.88 Å². The van der Waals surface area contributed by atoms with Crippen LogP contribution in [0.25, 0.3) is 0 Å². The van der Waals surface area contributed by atoms with Gasteiger partial charge in [-0.2, -0.15) is 4.31 Å². The maximum Gasteiger partial charge on any atom is 0.345 e. The standard InChI is InChI=1S/C13H17NO6S2/c1-7-5-9(12(15)16)3-4-14(7)22(19,20)11-6-10(13(17)18)21-8(11)2/h6-7,9H,3-5H2,1-2H3,(H,15,16)(H,17,18)/t7-,9-/m1/s1. The highest BCUT2D eigenvalue weighted by Crippen LogP contribution is 2.33. The smallest absolute Gasteiger partial charge is 0.345 e. The first-order chi connectivity index (χ1) is 10.1. The zero-order valence-electron chi connectivity index (χ0n) is 12.1. The monoisotopic (exact) mass is 347 g/mol. The molecular formula is C13H17NO6S2.